The Labute approximate surface area is 134 Å². The average molecular weight is 402 g/mol. The van der Waals surface area contributed by atoms with Gasteiger partial charge in [-0.3, -0.25) is 4.79 Å². The molecule has 0 aliphatic rings. The predicted octanol–water partition coefficient (Wildman–Crippen LogP) is 4.74. The Balaban J connectivity index is 2.03. The minimum atomic E-state index is -0.308. The van der Waals surface area contributed by atoms with Gasteiger partial charge in [0.2, 0.25) is 5.91 Å². The highest BCUT2D eigenvalue weighted by Gasteiger charge is 2.03. The van der Waals surface area contributed by atoms with Crippen LogP contribution in [-0.2, 0) is 4.79 Å². The zero-order chi connectivity index (χ0) is 14.5. The summed E-state index contributed by atoms with van der Waals surface area (Å²) in [6.07, 6.45) is 2.98. The van der Waals surface area contributed by atoms with Gasteiger partial charge in [-0.25, -0.2) is 4.39 Å². The summed E-state index contributed by atoms with van der Waals surface area (Å²) >= 11 is 8.16. The number of nitrogens with one attached hydrogen (secondary N) is 1. The Morgan fingerprint density at radius 3 is 2.55 bits per heavy atom. The van der Waals surface area contributed by atoms with Crippen LogP contribution in [-0.4, -0.2) is 5.91 Å². The number of amides is 1. The number of hydrogen-bond donors (Lipinski definition) is 1. The Kier molecular flexibility index (Phi) is 5.14. The first kappa shape index (κ1) is 15.0. The van der Waals surface area contributed by atoms with Gasteiger partial charge in [0.1, 0.15) is 5.82 Å². The molecule has 0 fully saturated rings. The molecule has 0 spiro atoms. The van der Waals surface area contributed by atoms with Gasteiger partial charge in [0.05, 0.1) is 10.7 Å². The molecule has 0 heterocycles. The summed E-state index contributed by atoms with van der Waals surface area (Å²) in [5.74, 6) is -0.602. The smallest absolute Gasteiger partial charge is 0.248 e. The zero-order valence-electron chi connectivity index (χ0n) is 10.2. The molecule has 0 atom stereocenters. The first-order valence-electron chi connectivity index (χ1n) is 5.74. The normalized spacial score (nSPS) is 10.8. The lowest BCUT2D eigenvalue weighted by molar-refractivity contribution is -0.111. The highest BCUT2D eigenvalue weighted by molar-refractivity contribution is 14.1. The fourth-order valence-electron chi connectivity index (χ4n) is 1.51. The van der Waals surface area contributed by atoms with E-state index in [0.717, 1.165) is 9.13 Å². The molecule has 102 valence electrons. The van der Waals surface area contributed by atoms with E-state index in [9.17, 15) is 9.18 Å². The van der Waals surface area contributed by atoms with Gasteiger partial charge in [-0.1, -0.05) is 23.7 Å². The number of rotatable bonds is 3. The van der Waals surface area contributed by atoms with Crippen molar-refractivity contribution in [2.75, 3.05) is 5.32 Å². The van der Waals surface area contributed by atoms with Crippen molar-refractivity contribution < 1.29 is 9.18 Å². The maximum absolute atomic E-state index is 12.7. The van der Waals surface area contributed by atoms with Crippen molar-refractivity contribution >= 4 is 51.9 Å². The molecule has 1 amide bonds. The molecule has 0 saturated heterocycles. The molecule has 5 heteroatoms. The molecule has 0 aliphatic heterocycles. The molecule has 20 heavy (non-hydrogen) atoms. The minimum Gasteiger partial charge on any atom is -0.321 e. The third-order valence-electron chi connectivity index (χ3n) is 2.49. The number of carbonyl (C=O) groups excluding carboxylic acids is 1. The lowest BCUT2D eigenvalue weighted by atomic mass is 10.2. The summed E-state index contributed by atoms with van der Waals surface area (Å²) in [5.41, 5.74) is 1.30. The van der Waals surface area contributed by atoms with E-state index >= 15 is 0 Å². The molecule has 1 N–H and O–H groups in total. The summed E-state index contributed by atoms with van der Waals surface area (Å²) in [4.78, 5) is 11.8. The first-order valence-corrected chi connectivity index (χ1v) is 7.20. The number of halogens is 3. The average Bonchev–Trinajstić information content (AvgIpc) is 2.41. The van der Waals surface area contributed by atoms with Gasteiger partial charge in [-0.15, -0.1) is 0 Å². The van der Waals surface area contributed by atoms with Gasteiger partial charge in [0.25, 0.3) is 0 Å². The summed E-state index contributed by atoms with van der Waals surface area (Å²) in [7, 11) is 0. The second-order valence-corrected chi connectivity index (χ2v) is 5.65. The van der Waals surface area contributed by atoms with Crippen LogP contribution in [0.1, 0.15) is 5.56 Å². The van der Waals surface area contributed by atoms with Gasteiger partial charge in [0, 0.05) is 9.65 Å². The molecule has 0 aromatic heterocycles. The van der Waals surface area contributed by atoms with Crippen LogP contribution in [0.3, 0.4) is 0 Å². The van der Waals surface area contributed by atoms with Crippen LogP contribution in [0.15, 0.2) is 48.5 Å². The lowest BCUT2D eigenvalue weighted by Crippen LogP contribution is -2.08. The highest BCUT2D eigenvalue weighted by Crippen LogP contribution is 2.23. The summed E-state index contributed by atoms with van der Waals surface area (Å²) < 4.78 is 13.7. The lowest BCUT2D eigenvalue weighted by Gasteiger charge is -2.05. The molecular formula is C15H10ClFINO. The van der Waals surface area contributed by atoms with Crippen molar-refractivity contribution in [2.45, 2.75) is 0 Å². The first-order chi connectivity index (χ1) is 9.54. The van der Waals surface area contributed by atoms with E-state index in [0.29, 0.717) is 10.7 Å². The molecular weight excluding hydrogens is 392 g/mol. The van der Waals surface area contributed by atoms with Crippen LogP contribution in [0.5, 0.6) is 0 Å². The molecule has 0 bridgehead atoms. The van der Waals surface area contributed by atoms with E-state index in [1.54, 1.807) is 30.3 Å². The van der Waals surface area contributed by atoms with E-state index in [2.05, 4.69) is 27.9 Å². The van der Waals surface area contributed by atoms with Gasteiger partial charge < -0.3 is 5.32 Å². The summed E-state index contributed by atoms with van der Waals surface area (Å²) in [6, 6.07) is 11.2. The van der Waals surface area contributed by atoms with Crippen LogP contribution < -0.4 is 5.32 Å². The fourth-order valence-corrected chi connectivity index (χ4v) is 2.41. The number of carbonyl (C=O) groups is 1. The molecule has 0 aliphatic carbocycles. The Morgan fingerprint density at radius 1 is 1.20 bits per heavy atom. The maximum Gasteiger partial charge on any atom is 0.248 e. The SMILES string of the molecule is O=C(/C=C/c1ccc(F)cc1)Nc1ccc(I)cc1Cl. The quantitative estimate of drug-likeness (QED) is 0.584. The second kappa shape index (κ2) is 6.85. The Morgan fingerprint density at radius 2 is 1.90 bits per heavy atom. The zero-order valence-corrected chi connectivity index (χ0v) is 13.2. The van der Waals surface area contributed by atoms with Crippen molar-refractivity contribution in [2.24, 2.45) is 0 Å². The van der Waals surface area contributed by atoms with Crippen LogP contribution in [0.25, 0.3) is 6.08 Å². The monoisotopic (exact) mass is 401 g/mol. The maximum atomic E-state index is 12.7. The molecule has 0 saturated carbocycles. The molecule has 0 radical (unpaired) electrons. The fraction of sp³-hybridized carbons (Fsp3) is 0. The van der Waals surface area contributed by atoms with Crippen LogP contribution in [0.2, 0.25) is 5.02 Å². The third-order valence-corrected chi connectivity index (χ3v) is 3.47. The largest absolute Gasteiger partial charge is 0.321 e. The van der Waals surface area contributed by atoms with Crippen LogP contribution >= 0.6 is 34.2 Å². The van der Waals surface area contributed by atoms with E-state index in [4.69, 9.17) is 11.6 Å². The minimum absolute atomic E-state index is 0.294. The van der Waals surface area contributed by atoms with Crippen molar-refractivity contribution in [3.05, 3.63) is 68.5 Å². The van der Waals surface area contributed by atoms with Gasteiger partial charge in [-0.2, -0.15) is 0 Å². The predicted molar refractivity (Wildman–Crippen MR) is 88.2 cm³/mol. The van der Waals surface area contributed by atoms with E-state index in [-0.39, 0.29) is 11.7 Å². The molecule has 2 aromatic rings. The van der Waals surface area contributed by atoms with Crippen LogP contribution in [0.4, 0.5) is 10.1 Å². The Bertz CT molecular complexity index is 655. The number of anilines is 1. The number of hydrogen-bond acceptors (Lipinski definition) is 1. The van der Waals surface area contributed by atoms with Crippen LogP contribution in [0, 0.1) is 9.39 Å². The summed E-state index contributed by atoms with van der Waals surface area (Å²) in [6.45, 7) is 0. The molecule has 2 rings (SSSR count). The third kappa shape index (κ3) is 4.31. The van der Waals surface area contributed by atoms with E-state index in [1.807, 2.05) is 6.07 Å². The van der Waals surface area contributed by atoms with Crippen molar-refractivity contribution in [1.29, 1.82) is 0 Å². The molecule has 0 unspecified atom stereocenters. The standard InChI is InChI=1S/C15H10ClFINO/c16-13-9-12(18)6-7-14(13)19-15(20)8-3-10-1-4-11(17)5-2-10/h1-9H,(H,19,20)/b8-3+. The topological polar surface area (TPSA) is 29.1 Å². The second-order valence-electron chi connectivity index (χ2n) is 4.00. The Hall–Kier alpha value is -1.40. The van der Waals surface area contributed by atoms with E-state index < -0.39 is 0 Å². The highest BCUT2D eigenvalue weighted by atomic mass is 127. The van der Waals surface area contributed by atoms with Gasteiger partial charge in [-0.05, 0) is 64.6 Å². The van der Waals surface area contributed by atoms with Gasteiger partial charge in [0.15, 0.2) is 0 Å². The number of benzene rings is 2. The summed E-state index contributed by atoms with van der Waals surface area (Å²) in [5, 5.41) is 3.17. The van der Waals surface area contributed by atoms with Crippen molar-refractivity contribution in [1.82, 2.24) is 0 Å². The van der Waals surface area contributed by atoms with Gasteiger partial charge >= 0.3 is 0 Å². The van der Waals surface area contributed by atoms with Crippen molar-refractivity contribution in [3.63, 3.8) is 0 Å². The van der Waals surface area contributed by atoms with E-state index in [1.165, 1.54) is 18.2 Å². The van der Waals surface area contributed by atoms with Crippen molar-refractivity contribution in [3.8, 4) is 0 Å². The molecule has 2 nitrogen and oxygen atoms in total. The molecule has 2 aromatic carbocycles.